The van der Waals surface area contributed by atoms with Crippen LogP contribution in [0, 0.1) is 6.92 Å². The summed E-state index contributed by atoms with van der Waals surface area (Å²) in [6.45, 7) is 2.75. The smallest absolute Gasteiger partial charge is 0.248 e. The lowest BCUT2D eigenvalue weighted by Crippen LogP contribution is -2.13. The normalized spacial score (nSPS) is 9.86. The molecule has 0 atom stereocenters. The average Bonchev–Trinajstić information content (AvgIpc) is 2.14. The Hall–Kier alpha value is -1.55. The van der Waals surface area contributed by atoms with E-state index in [0.717, 1.165) is 5.56 Å². The van der Waals surface area contributed by atoms with Crippen molar-refractivity contribution in [2.45, 2.75) is 6.92 Å². The molecule has 0 saturated heterocycles. The molecule has 76 valence electrons. The lowest BCUT2D eigenvalue weighted by Gasteiger charge is -2.07. The van der Waals surface area contributed by atoms with Gasteiger partial charge >= 0.3 is 0 Å². The molecule has 0 aliphatic rings. The van der Waals surface area contributed by atoms with Crippen LogP contribution in [0.3, 0.4) is 0 Å². The van der Waals surface area contributed by atoms with Gasteiger partial charge in [0.25, 0.3) is 0 Å². The van der Waals surface area contributed by atoms with Gasteiger partial charge in [-0.3, -0.25) is 4.79 Å². The minimum atomic E-state index is -0.423. The molecule has 1 aromatic carbocycles. The van der Waals surface area contributed by atoms with E-state index in [9.17, 15) is 4.79 Å². The fraction of sp³-hybridized carbons (Fsp3) is 0.300. The molecule has 0 saturated carbocycles. The molecule has 0 bridgehead atoms. The van der Waals surface area contributed by atoms with E-state index < -0.39 is 5.91 Å². The third-order valence-electron chi connectivity index (χ3n) is 1.85. The predicted octanol–water partition coefficient (Wildman–Crippen LogP) is 0.431. The molecular weight excluding hydrogens is 180 g/mol. The van der Waals surface area contributed by atoms with Crippen LogP contribution in [0.4, 0.5) is 0 Å². The molecule has 0 aromatic heterocycles. The SMILES string of the molecule is Cc1cc(OCCN)ccc1C(N)=O. The quantitative estimate of drug-likeness (QED) is 0.729. The molecule has 0 aliphatic heterocycles. The highest BCUT2D eigenvalue weighted by Crippen LogP contribution is 2.16. The number of hydrogen-bond acceptors (Lipinski definition) is 3. The van der Waals surface area contributed by atoms with Gasteiger partial charge in [0.15, 0.2) is 0 Å². The van der Waals surface area contributed by atoms with E-state index >= 15 is 0 Å². The number of carbonyl (C=O) groups is 1. The standard InChI is InChI=1S/C10H14N2O2/c1-7-6-8(14-5-4-11)2-3-9(7)10(12)13/h2-3,6H,4-5,11H2,1H3,(H2,12,13). The summed E-state index contributed by atoms with van der Waals surface area (Å²) in [4.78, 5) is 10.9. The van der Waals surface area contributed by atoms with Crippen LogP contribution < -0.4 is 16.2 Å². The molecule has 4 nitrogen and oxygen atoms in total. The topological polar surface area (TPSA) is 78.3 Å². The highest BCUT2D eigenvalue weighted by atomic mass is 16.5. The summed E-state index contributed by atoms with van der Waals surface area (Å²) >= 11 is 0. The van der Waals surface area contributed by atoms with Crippen LogP contribution in [-0.2, 0) is 0 Å². The highest BCUT2D eigenvalue weighted by molar-refractivity contribution is 5.94. The molecule has 0 heterocycles. The Kier molecular flexibility index (Phi) is 3.48. The molecule has 4 heteroatoms. The van der Waals surface area contributed by atoms with Gasteiger partial charge in [0.2, 0.25) is 5.91 Å². The number of amides is 1. The van der Waals surface area contributed by atoms with Crippen molar-refractivity contribution in [2.24, 2.45) is 11.5 Å². The lowest BCUT2D eigenvalue weighted by molar-refractivity contribution is 0.0999. The highest BCUT2D eigenvalue weighted by Gasteiger charge is 2.05. The second-order valence-corrected chi connectivity index (χ2v) is 2.98. The summed E-state index contributed by atoms with van der Waals surface area (Å²) in [5, 5.41) is 0. The van der Waals surface area contributed by atoms with Crippen molar-refractivity contribution < 1.29 is 9.53 Å². The van der Waals surface area contributed by atoms with Gasteiger partial charge in [-0.1, -0.05) is 0 Å². The van der Waals surface area contributed by atoms with E-state index in [2.05, 4.69) is 0 Å². The van der Waals surface area contributed by atoms with Gasteiger partial charge < -0.3 is 16.2 Å². The summed E-state index contributed by atoms with van der Waals surface area (Å²) in [5.41, 5.74) is 11.8. The summed E-state index contributed by atoms with van der Waals surface area (Å²) < 4.78 is 5.29. The Morgan fingerprint density at radius 1 is 1.50 bits per heavy atom. The number of nitrogens with two attached hydrogens (primary N) is 2. The fourth-order valence-corrected chi connectivity index (χ4v) is 1.18. The molecule has 0 radical (unpaired) electrons. The monoisotopic (exact) mass is 194 g/mol. The van der Waals surface area contributed by atoms with Crippen molar-refractivity contribution in [3.05, 3.63) is 29.3 Å². The molecular formula is C10H14N2O2. The van der Waals surface area contributed by atoms with Crippen LogP contribution in [0.25, 0.3) is 0 Å². The molecule has 1 amide bonds. The third kappa shape index (κ3) is 2.47. The van der Waals surface area contributed by atoms with Crippen molar-refractivity contribution >= 4 is 5.91 Å². The molecule has 0 spiro atoms. The summed E-state index contributed by atoms with van der Waals surface area (Å²) in [7, 11) is 0. The molecule has 0 fully saturated rings. The molecule has 4 N–H and O–H groups in total. The first-order valence-corrected chi connectivity index (χ1v) is 4.38. The van der Waals surface area contributed by atoms with Crippen molar-refractivity contribution in [3.8, 4) is 5.75 Å². The molecule has 0 aliphatic carbocycles. The fourth-order valence-electron chi connectivity index (χ4n) is 1.18. The lowest BCUT2D eigenvalue weighted by atomic mass is 10.1. The van der Waals surface area contributed by atoms with Crippen LogP contribution in [0.2, 0.25) is 0 Å². The zero-order chi connectivity index (χ0) is 10.6. The zero-order valence-electron chi connectivity index (χ0n) is 8.12. The van der Waals surface area contributed by atoms with Crippen molar-refractivity contribution in [2.75, 3.05) is 13.2 Å². The first kappa shape index (κ1) is 10.5. The molecule has 14 heavy (non-hydrogen) atoms. The van der Waals surface area contributed by atoms with Crippen LogP contribution in [0.5, 0.6) is 5.75 Å². The maximum Gasteiger partial charge on any atom is 0.248 e. The Morgan fingerprint density at radius 2 is 2.21 bits per heavy atom. The van der Waals surface area contributed by atoms with Gasteiger partial charge in [0.05, 0.1) is 0 Å². The van der Waals surface area contributed by atoms with Gasteiger partial charge in [-0.05, 0) is 30.7 Å². The largest absolute Gasteiger partial charge is 0.492 e. The van der Waals surface area contributed by atoms with Gasteiger partial charge in [0.1, 0.15) is 12.4 Å². The second-order valence-electron chi connectivity index (χ2n) is 2.98. The predicted molar refractivity (Wildman–Crippen MR) is 54.2 cm³/mol. The van der Waals surface area contributed by atoms with Crippen molar-refractivity contribution in [1.82, 2.24) is 0 Å². The maximum atomic E-state index is 10.9. The van der Waals surface area contributed by atoms with Gasteiger partial charge in [-0.15, -0.1) is 0 Å². The minimum absolute atomic E-state index is 0.423. The molecule has 0 unspecified atom stereocenters. The Labute approximate surface area is 82.8 Å². The van der Waals surface area contributed by atoms with E-state index in [1.165, 1.54) is 0 Å². The van der Waals surface area contributed by atoms with E-state index in [1.807, 2.05) is 6.92 Å². The Balaban J connectivity index is 2.83. The van der Waals surface area contributed by atoms with E-state index in [0.29, 0.717) is 24.5 Å². The number of primary amides is 1. The number of carbonyl (C=O) groups excluding carboxylic acids is 1. The first-order chi connectivity index (χ1) is 6.65. The molecule has 1 aromatic rings. The Morgan fingerprint density at radius 3 is 2.71 bits per heavy atom. The van der Waals surface area contributed by atoms with Crippen LogP contribution in [0.15, 0.2) is 18.2 Å². The van der Waals surface area contributed by atoms with Gasteiger partial charge in [0, 0.05) is 12.1 Å². The summed E-state index contributed by atoms with van der Waals surface area (Å²) in [6.07, 6.45) is 0. The second kappa shape index (κ2) is 4.62. The zero-order valence-corrected chi connectivity index (χ0v) is 8.12. The number of rotatable bonds is 4. The van der Waals surface area contributed by atoms with E-state index in [4.69, 9.17) is 16.2 Å². The van der Waals surface area contributed by atoms with Crippen LogP contribution in [-0.4, -0.2) is 19.1 Å². The minimum Gasteiger partial charge on any atom is -0.492 e. The number of ether oxygens (including phenoxy) is 1. The third-order valence-corrected chi connectivity index (χ3v) is 1.85. The van der Waals surface area contributed by atoms with Crippen molar-refractivity contribution in [1.29, 1.82) is 0 Å². The van der Waals surface area contributed by atoms with E-state index in [1.54, 1.807) is 18.2 Å². The first-order valence-electron chi connectivity index (χ1n) is 4.38. The number of hydrogen-bond donors (Lipinski definition) is 2. The summed E-state index contributed by atoms with van der Waals surface area (Å²) in [5.74, 6) is 0.283. The van der Waals surface area contributed by atoms with Gasteiger partial charge in [-0.2, -0.15) is 0 Å². The average molecular weight is 194 g/mol. The van der Waals surface area contributed by atoms with Crippen LogP contribution in [0.1, 0.15) is 15.9 Å². The van der Waals surface area contributed by atoms with E-state index in [-0.39, 0.29) is 0 Å². The van der Waals surface area contributed by atoms with Crippen molar-refractivity contribution in [3.63, 3.8) is 0 Å². The summed E-state index contributed by atoms with van der Waals surface area (Å²) in [6, 6.07) is 5.14. The number of aryl methyl sites for hydroxylation is 1. The maximum absolute atomic E-state index is 10.9. The number of benzene rings is 1. The van der Waals surface area contributed by atoms with Gasteiger partial charge in [-0.25, -0.2) is 0 Å². The van der Waals surface area contributed by atoms with Crippen LogP contribution >= 0.6 is 0 Å². The molecule has 1 rings (SSSR count). The Bertz CT molecular complexity index is 337.